The van der Waals surface area contributed by atoms with Crippen LogP contribution in [0, 0.1) is 11.6 Å². The van der Waals surface area contributed by atoms with Crippen LogP contribution in [-0.4, -0.2) is 33.9 Å². The van der Waals surface area contributed by atoms with Gasteiger partial charge in [0.2, 0.25) is 5.91 Å². The molecule has 1 aromatic carbocycles. The summed E-state index contributed by atoms with van der Waals surface area (Å²) in [7, 11) is 0. The first-order valence-corrected chi connectivity index (χ1v) is 5.61. The first-order chi connectivity index (χ1) is 8.82. The number of aromatic hydroxyl groups is 1. The van der Waals surface area contributed by atoms with Gasteiger partial charge in [0, 0.05) is 25.6 Å². The zero-order valence-electron chi connectivity index (χ0n) is 10.2. The molecule has 0 bridgehead atoms. The van der Waals surface area contributed by atoms with Crippen LogP contribution >= 0.6 is 0 Å². The molecule has 0 saturated carbocycles. The number of nitrogens with one attached hydrogen (secondary N) is 1. The smallest absolute Gasteiger partial charge is 0.216 e. The van der Waals surface area contributed by atoms with Gasteiger partial charge in [-0.2, -0.15) is 0 Å². The highest BCUT2D eigenvalue weighted by molar-refractivity contribution is 5.72. The Kier molecular flexibility index (Phi) is 5.20. The quantitative estimate of drug-likeness (QED) is 0.633. The highest BCUT2D eigenvalue weighted by Gasteiger charge is 2.25. The topological polar surface area (TPSA) is 89.8 Å². The van der Waals surface area contributed by atoms with Crippen LogP contribution in [0.2, 0.25) is 0 Å². The molecule has 7 heteroatoms. The molecule has 1 amide bonds. The zero-order valence-corrected chi connectivity index (χ0v) is 10.2. The minimum atomic E-state index is -1.78. The van der Waals surface area contributed by atoms with Crippen molar-refractivity contribution in [2.45, 2.75) is 25.6 Å². The minimum Gasteiger partial charge on any atom is -0.508 e. The first-order valence-electron chi connectivity index (χ1n) is 5.61. The van der Waals surface area contributed by atoms with E-state index in [-0.39, 0.29) is 18.9 Å². The van der Waals surface area contributed by atoms with Gasteiger partial charge in [0.05, 0.1) is 11.7 Å². The Bertz CT molecular complexity index is 444. The molecule has 0 radical (unpaired) electrons. The van der Waals surface area contributed by atoms with E-state index in [0.29, 0.717) is 12.1 Å². The van der Waals surface area contributed by atoms with Crippen molar-refractivity contribution < 1.29 is 28.9 Å². The maximum absolute atomic E-state index is 13.4. The summed E-state index contributed by atoms with van der Waals surface area (Å²) in [5.74, 6) is -3.23. The number of phenolic OH excluding ortho intramolecular Hbond substituents is 1. The Morgan fingerprint density at radius 2 is 1.84 bits per heavy atom. The lowest BCUT2D eigenvalue weighted by atomic mass is 10.0. The second-order valence-corrected chi connectivity index (χ2v) is 4.11. The van der Waals surface area contributed by atoms with Crippen molar-refractivity contribution in [3.05, 3.63) is 29.3 Å². The van der Waals surface area contributed by atoms with Crippen molar-refractivity contribution >= 4 is 5.91 Å². The second-order valence-electron chi connectivity index (χ2n) is 4.11. The lowest BCUT2D eigenvalue weighted by molar-refractivity contribution is -0.119. The number of aliphatic hydroxyl groups is 2. The Labute approximate surface area is 108 Å². The van der Waals surface area contributed by atoms with E-state index >= 15 is 0 Å². The maximum atomic E-state index is 13.4. The van der Waals surface area contributed by atoms with E-state index in [1.54, 1.807) is 0 Å². The Morgan fingerprint density at radius 3 is 2.32 bits per heavy atom. The van der Waals surface area contributed by atoms with E-state index in [2.05, 4.69) is 5.32 Å². The van der Waals surface area contributed by atoms with Crippen LogP contribution in [0.3, 0.4) is 0 Å². The van der Waals surface area contributed by atoms with Gasteiger partial charge >= 0.3 is 0 Å². The number of halogens is 2. The number of aliphatic hydroxyl groups excluding tert-OH is 2. The van der Waals surface area contributed by atoms with Gasteiger partial charge in [0.15, 0.2) is 0 Å². The molecule has 1 aromatic rings. The summed E-state index contributed by atoms with van der Waals surface area (Å²) >= 11 is 0. The lowest BCUT2D eigenvalue weighted by Gasteiger charge is -2.19. The molecule has 19 heavy (non-hydrogen) atoms. The summed E-state index contributed by atoms with van der Waals surface area (Å²) in [5.41, 5.74) is -0.715. The standard InChI is InChI=1S/C12H15F2NO4/c1-6(16)15-3-2-10(18)12(19)11-8(13)4-7(17)5-9(11)14/h4-5,10,12,17-19H,2-3H2,1H3,(H,15,16). The van der Waals surface area contributed by atoms with Gasteiger partial charge in [-0.25, -0.2) is 8.78 Å². The molecule has 0 saturated heterocycles. The fraction of sp³-hybridized carbons (Fsp3) is 0.417. The molecule has 4 N–H and O–H groups in total. The van der Waals surface area contributed by atoms with Crippen LogP contribution in [0.4, 0.5) is 8.78 Å². The van der Waals surface area contributed by atoms with Crippen LogP contribution in [-0.2, 0) is 4.79 Å². The zero-order chi connectivity index (χ0) is 14.6. The Balaban J connectivity index is 2.76. The van der Waals surface area contributed by atoms with E-state index in [0.717, 1.165) is 0 Å². The van der Waals surface area contributed by atoms with Crippen molar-refractivity contribution in [2.75, 3.05) is 6.54 Å². The second kappa shape index (κ2) is 6.44. The van der Waals surface area contributed by atoms with Gasteiger partial charge in [-0.05, 0) is 6.42 Å². The van der Waals surface area contributed by atoms with Crippen molar-refractivity contribution in [1.82, 2.24) is 5.32 Å². The van der Waals surface area contributed by atoms with E-state index < -0.39 is 35.2 Å². The fourth-order valence-corrected chi connectivity index (χ4v) is 1.60. The van der Waals surface area contributed by atoms with Gasteiger partial charge in [-0.15, -0.1) is 0 Å². The normalized spacial score (nSPS) is 13.9. The summed E-state index contributed by atoms with van der Waals surface area (Å²) in [4.78, 5) is 10.6. The molecule has 1 rings (SSSR count). The van der Waals surface area contributed by atoms with E-state index in [1.165, 1.54) is 6.92 Å². The number of carbonyl (C=O) groups excluding carboxylic acids is 1. The Morgan fingerprint density at radius 1 is 1.32 bits per heavy atom. The van der Waals surface area contributed by atoms with Crippen LogP contribution in [0.25, 0.3) is 0 Å². The molecule has 0 aromatic heterocycles. The molecule has 0 heterocycles. The summed E-state index contributed by atoms with van der Waals surface area (Å²) < 4.78 is 26.9. The van der Waals surface area contributed by atoms with Gasteiger partial charge in [0.1, 0.15) is 23.5 Å². The van der Waals surface area contributed by atoms with Crippen LogP contribution in [0.15, 0.2) is 12.1 Å². The van der Waals surface area contributed by atoms with Crippen molar-refractivity contribution in [3.63, 3.8) is 0 Å². The van der Waals surface area contributed by atoms with Gasteiger partial charge in [0.25, 0.3) is 0 Å². The third-order valence-corrected chi connectivity index (χ3v) is 2.54. The van der Waals surface area contributed by atoms with E-state index in [1.807, 2.05) is 0 Å². The third kappa shape index (κ3) is 4.15. The molecular weight excluding hydrogens is 260 g/mol. The lowest BCUT2D eigenvalue weighted by Crippen LogP contribution is -2.28. The number of hydrogen-bond donors (Lipinski definition) is 4. The number of amides is 1. The average Bonchev–Trinajstić information content (AvgIpc) is 2.26. The number of carbonyl (C=O) groups is 1. The monoisotopic (exact) mass is 275 g/mol. The van der Waals surface area contributed by atoms with E-state index in [9.17, 15) is 23.8 Å². The summed E-state index contributed by atoms with van der Waals surface area (Å²) in [5, 5.41) is 30.6. The molecule has 0 fully saturated rings. The summed E-state index contributed by atoms with van der Waals surface area (Å²) in [6.07, 6.45) is -3.30. The molecule has 106 valence electrons. The van der Waals surface area contributed by atoms with Gasteiger partial charge < -0.3 is 20.6 Å². The molecule has 0 aliphatic heterocycles. The first kappa shape index (κ1) is 15.3. The molecule has 2 unspecified atom stereocenters. The number of hydrogen-bond acceptors (Lipinski definition) is 4. The summed E-state index contributed by atoms with van der Waals surface area (Å²) in [6.45, 7) is 1.34. The highest BCUT2D eigenvalue weighted by Crippen LogP contribution is 2.27. The number of benzene rings is 1. The minimum absolute atomic E-state index is 0.0644. The van der Waals surface area contributed by atoms with Crippen molar-refractivity contribution in [3.8, 4) is 5.75 Å². The predicted octanol–water partition coefficient (Wildman–Crippen LogP) is 0.591. The average molecular weight is 275 g/mol. The molecule has 0 aliphatic rings. The van der Waals surface area contributed by atoms with Gasteiger partial charge in [-0.1, -0.05) is 0 Å². The van der Waals surface area contributed by atoms with E-state index in [4.69, 9.17) is 5.11 Å². The molecule has 2 atom stereocenters. The largest absolute Gasteiger partial charge is 0.508 e. The van der Waals surface area contributed by atoms with Crippen molar-refractivity contribution in [2.24, 2.45) is 0 Å². The highest BCUT2D eigenvalue weighted by atomic mass is 19.1. The molecular formula is C12H15F2NO4. The van der Waals surface area contributed by atoms with Crippen LogP contribution in [0.5, 0.6) is 5.75 Å². The number of phenols is 1. The predicted molar refractivity (Wildman–Crippen MR) is 62.3 cm³/mol. The summed E-state index contributed by atoms with van der Waals surface area (Å²) in [6, 6.07) is 1.28. The van der Waals surface area contributed by atoms with Crippen LogP contribution < -0.4 is 5.32 Å². The molecule has 5 nitrogen and oxygen atoms in total. The molecule has 0 aliphatic carbocycles. The maximum Gasteiger partial charge on any atom is 0.216 e. The van der Waals surface area contributed by atoms with Crippen LogP contribution in [0.1, 0.15) is 25.0 Å². The fourth-order valence-electron chi connectivity index (χ4n) is 1.60. The SMILES string of the molecule is CC(=O)NCCC(O)C(O)c1c(F)cc(O)cc1F. The third-order valence-electron chi connectivity index (χ3n) is 2.54. The molecule has 0 spiro atoms. The van der Waals surface area contributed by atoms with Crippen molar-refractivity contribution in [1.29, 1.82) is 0 Å². The number of rotatable bonds is 5. The van der Waals surface area contributed by atoms with Gasteiger partial charge in [-0.3, -0.25) is 4.79 Å². The Hall–Kier alpha value is -1.73.